The molecule has 16 nitrogen and oxygen atoms in total. The number of carboxylic acids is 1. The van der Waals surface area contributed by atoms with Crippen LogP contribution in [0.25, 0.3) is 0 Å². The van der Waals surface area contributed by atoms with Crippen molar-refractivity contribution in [2.24, 2.45) is 27.9 Å². The number of carboxylic acid groups (broad SMARTS) is 1. The van der Waals surface area contributed by atoms with Crippen LogP contribution in [0.1, 0.15) is 25.0 Å². The second kappa shape index (κ2) is 14.0. The predicted octanol–water partition coefficient (Wildman–Crippen LogP) is -4.62. The highest BCUT2D eigenvalue weighted by molar-refractivity contribution is 5.94. The molecule has 0 aliphatic carbocycles. The molecule has 1 aromatic rings. The molecule has 3 unspecified atom stereocenters. The van der Waals surface area contributed by atoms with Gasteiger partial charge in [0, 0.05) is 24.9 Å². The van der Waals surface area contributed by atoms with Crippen LogP contribution in [0, 0.1) is 0 Å². The minimum Gasteiger partial charge on any atom is -0.480 e. The van der Waals surface area contributed by atoms with Crippen molar-refractivity contribution in [3.63, 3.8) is 0 Å². The second-order valence-corrected chi connectivity index (χ2v) is 7.24. The quantitative estimate of drug-likeness (QED) is 0.0654. The van der Waals surface area contributed by atoms with Crippen molar-refractivity contribution in [1.29, 1.82) is 0 Å². The minimum absolute atomic E-state index is 0.0228. The highest BCUT2D eigenvalue weighted by Crippen LogP contribution is 2.01. The molecule has 0 saturated heterocycles. The van der Waals surface area contributed by atoms with Gasteiger partial charge in [-0.15, -0.1) is 0 Å². The first-order chi connectivity index (χ1) is 16.0. The molecule has 0 aliphatic heterocycles. The topological polar surface area (TPSA) is 287 Å². The number of nitrogens with two attached hydrogens (primary N) is 4. The lowest BCUT2D eigenvalue weighted by Crippen LogP contribution is -2.54. The molecule has 0 aliphatic rings. The Morgan fingerprint density at radius 2 is 1.79 bits per heavy atom. The van der Waals surface area contributed by atoms with Crippen molar-refractivity contribution in [3.8, 4) is 0 Å². The fourth-order valence-electron chi connectivity index (χ4n) is 2.71. The number of imidazole rings is 1. The average Bonchev–Trinajstić information content (AvgIpc) is 3.25. The fraction of sp³-hybridized carbons (Fsp3) is 0.500. The van der Waals surface area contributed by atoms with Crippen molar-refractivity contribution in [2.75, 3.05) is 13.1 Å². The molecule has 0 aromatic carbocycles. The maximum Gasteiger partial charge on any atom is 0.326 e. The van der Waals surface area contributed by atoms with Crippen molar-refractivity contribution >= 4 is 35.6 Å². The van der Waals surface area contributed by atoms with Crippen LogP contribution in [0.5, 0.6) is 0 Å². The predicted molar refractivity (Wildman–Crippen MR) is 118 cm³/mol. The van der Waals surface area contributed by atoms with Crippen molar-refractivity contribution < 1.29 is 29.1 Å². The molecule has 0 saturated carbocycles. The fourth-order valence-corrected chi connectivity index (χ4v) is 2.71. The summed E-state index contributed by atoms with van der Waals surface area (Å²) < 4.78 is 0. The molecule has 34 heavy (non-hydrogen) atoms. The maximum absolute atomic E-state index is 12.6. The van der Waals surface area contributed by atoms with Crippen LogP contribution in [0.4, 0.5) is 0 Å². The smallest absolute Gasteiger partial charge is 0.326 e. The number of hydrogen-bond acceptors (Lipinski definition) is 8. The van der Waals surface area contributed by atoms with E-state index in [4.69, 9.17) is 22.9 Å². The van der Waals surface area contributed by atoms with E-state index in [1.807, 2.05) is 0 Å². The molecule has 0 bridgehead atoms. The number of nitrogens with zero attached hydrogens (tertiary/aromatic N) is 2. The molecular formula is C18H30N10O6. The molecule has 188 valence electrons. The van der Waals surface area contributed by atoms with Crippen LogP contribution >= 0.6 is 0 Å². The number of H-pyrrole nitrogens is 1. The zero-order chi connectivity index (χ0) is 25.7. The molecule has 0 radical (unpaired) electrons. The number of guanidine groups is 1. The van der Waals surface area contributed by atoms with Gasteiger partial charge in [-0.05, 0) is 12.8 Å². The van der Waals surface area contributed by atoms with E-state index < -0.39 is 60.7 Å². The van der Waals surface area contributed by atoms with Gasteiger partial charge in [-0.3, -0.25) is 24.2 Å². The summed E-state index contributed by atoms with van der Waals surface area (Å²) in [5.41, 5.74) is 21.5. The molecule has 1 aromatic heterocycles. The monoisotopic (exact) mass is 482 g/mol. The molecule has 0 spiro atoms. The van der Waals surface area contributed by atoms with Crippen LogP contribution in [0.15, 0.2) is 17.5 Å². The summed E-state index contributed by atoms with van der Waals surface area (Å²) in [6, 6.07) is -3.66. The Kier molecular flexibility index (Phi) is 11.5. The maximum atomic E-state index is 12.6. The summed E-state index contributed by atoms with van der Waals surface area (Å²) in [5, 5.41) is 16.3. The summed E-state index contributed by atoms with van der Waals surface area (Å²) >= 11 is 0. The number of aliphatic carboxylic acids is 1. The van der Waals surface area contributed by atoms with Gasteiger partial charge in [0.1, 0.15) is 12.1 Å². The summed E-state index contributed by atoms with van der Waals surface area (Å²) in [6.07, 6.45) is 2.71. The number of primary amides is 1. The zero-order valence-electron chi connectivity index (χ0n) is 18.3. The van der Waals surface area contributed by atoms with E-state index in [-0.39, 0.29) is 25.3 Å². The lowest BCUT2D eigenvalue weighted by molar-refractivity contribution is -0.142. The Morgan fingerprint density at radius 1 is 1.09 bits per heavy atom. The van der Waals surface area contributed by atoms with E-state index in [2.05, 4.69) is 30.9 Å². The van der Waals surface area contributed by atoms with Crippen molar-refractivity contribution in [3.05, 3.63) is 18.2 Å². The lowest BCUT2D eigenvalue weighted by Gasteiger charge is -2.20. The Bertz CT molecular complexity index is 884. The third kappa shape index (κ3) is 10.9. The second-order valence-electron chi connectivity index (χ2n) is 7.24. The Hall–Kier alpha value is -4.21. The van der Waals surface area contributed by atoms with E-state index in [1.165, 1.54) is 12.5 Å². The van der Waals surface area contributed by atoms with Gasteiger partial charge in [0.25, 0.3) is 0 Å². The zero-order valence-corrected chi connectivity index (χ0v) is 18.3. The number of rotatable bonds is 15. The number of aliphatic imine (C=N–C) groups is 1. The van der Waals surface area contributed by atoms with Crippen molar-refractivity contribution in [1.82, 2.24) is 25.9 Å². The Labute approximate surface area is 194 Å². The lowest BCUT2D eigenvalue weighted by atomic mass is 10.1. The van der Waals surface area contributed by atoms with Gasteiger partial charge in [0.15, 0.2) is 5.96 Å². The van der Waals surface area contributed by atoms with Crippen LogP contribution in [-0.4, -0.2) is 81.8 Å². The number of aromatic nitrogens is 2. The van der Waals surface area contributed by atoms with Gasteiger partial charge in [0.05, 0.1) is 25.3 Å². The standard InChI is InChI=1S/C18H30N10O6/c19-10(5-13(20)29)15(31)28-12(4-9-6-23-8-26-9)16(32)25-7-14(30)27-11(17(33)34)2-1-3-24-18(21)22/h6,8,10-12H,1-5,7,19H2,(H2,20,29)(H,23,26)(H,25,32)(H,27,30)(H,28,31)(H,33,34)(H4,21,22,24). The summed E-state index contributed by atoms with van der Waals surface area (Å²) in [4.78, 5) is 69.7. The molecular weight excluding hydrogens is 452 g/mol. The number of aromatic amines is 1. The summed E-state index contributed by atoms with van der Waals surface area (Å²) in [7, 11) is 0. The van der Waals surface area contributed by atoms with Crippen molar-refractivity contribution in [2.45, 2.75) is 43.8 Å². The van der Waals surface area contributed by atoms with Crippen LogP contribution in [0.3, 0.4) is 0 Å². The highest BCUT2D eigenvalue weighted by Gasteiger charge is 2.26. The van der Waals surface area contributed by atoms with Crippen LogP contribution in [0.2, 0.25) is 0 Å². The first-order valence-electron chi connectivity index (χ1n) is 10.2. The van der Waals surface area contributed by atoms with Gasteiger partial charge in [-0.1, -0.05) is 0 Å². The van der Waals surface area contributed by atoms with E-state index in [0.29, 0.717) is 12.1 Å². The Balaban J connectivity index is 2.69. The van der Waals surface area contributed by atoms with E-state index >= 15 is 0 Å². The third-order valence-corrected chi connectivity index (χ3v) is 4.37. The summed E-state index contributed by atoms with van der Waals surface area (Å²) in [5.74, 6) is -4.50. The first-order valence-corrected chi connectivity index (χ1v) is 10.2. The van der Waals surface area contributed by atoms with Gasteiger partial charge < -0.3 is 49.0 Å². The van der Waals surface area contributed by atoms with Gasteiger partial charge in [0.2, 0.25) is 23.6 Å². The molecule has 0 fully saturated rings. The molecule has 1 heterocycles. The van der Waals surface area contributed by atoms with Gasteiger partial charge >= 0.3 is 5.97 Å². The first kappa shape index (κ1) is 27.8. The molecule has 4 amide bonds. The SMILES string of the molecule is NC(=O)CC(N)C(=O)NC(Cc1cnc[nH]1)C(=O)NCC(=O)NC(CCCN=C(N)N)C(=O)O. The molecule has 3 atom stereocenters. The third-order valence-electron chi connectivity index (χ3n) is 4.37. The normalized spacial score (nSPS) is 13.1. The van der Waals surface area contributed by atoms with E-state index in [1.54, 1.807) is 0 Å². The molecule has 16 heteroatoms. The van der Waals surface area contributed by atoms with E-state index in [0.717, 1.165) is 0 Å². The highest BCUT2D eigenvalue weighted by atomic mass is 16.4. The van der Waals surface area contributed by atoms with E-state index in [9.17, 15) is 29.1 Å². The number of hydrogen-bond donors (Lipinski definition) is 9. The van der Waals surface area contributed by atoms with Gasteiger partial charge in [-0.2, -0.15) is 0 Å². The van der Waals surface area contributed by atoms with Crippen LogP contribution < -0.4 is 38.9 Å². The number of amides is 4. The molecule has 13 N–H and O–H groups in total. The molecule has 1 rings (SSSR count). The number of carbonyl (C=O) groups is 5. The number of nitrogens with one attached hydrogen (secondary N) is 4. The summed E-state index contributed by atoms with van der Waals surface area (Å²) in [6.45, 7) is -0.370. The number of carbonyl (C=O) groups excluding carboxylic acids is 4. The van der Waals surface area contributed by atoms with Gasteiger partial charge in [-0.25, -0.2) is 9.78 Å². The average molecular weight is 483 g/mol. The minimum atomic E-state index is -1.27. The Morgan fingerprint density at radius 3 is 2.35 bits per heavy atom. The van der Waals surface area contributed by atoms with Crippen LogP contribution in [-0.2, 0) is 30.4 Å². The largest absolute Gasteiger partial charge is 0.480 e.